The first-order chi connectivity index (χ1) is 16.6. The monoisotopic (exact) mass is 506 g/mol. The van der Waals surface area contributed by atoms with E-state index in [1.807, 2.05) is 0 Å². The lowest BCUT2D eigenvalue weighted by Gasteiger charge is -2.28. The first kappa shape index (κ1) is 26.4. The van der Waals surface area contributed by atoms with Crippen LogP contribution in [0.3, 0.4) is 0 Å². The molecule has 3 amide bonds. The van der Waals surface area contributed by atoms with Crippen LogP contribution in [0.15, 0.2) is 41.9 Å². The Hall–Kier alpha value is -3.21. The second kappa shape index (κ2) is 12.0. The van der Waals surface area contributed by atoms with Gasteiger partial charge in [0.25, 0.3) is 5.91 Å². The van der Waals surface area contributed by atoms with E-state index in [1.165, 1.54) is 18.3 Å². The Morgan fingerprint density at radius 3 is 2.43 bits per heavy atom. The van der Waals surface area contributed by atoms with E-state index in [2.05, 4.69) is 20.9 Å². The number of thiazole rings is 1. The van der Waals surface area contributed by atoms with Gasteiger partial charge in [-0.3, -0.25) is 19.2 Å². The number of carbonyl (C=O) groups is 4. The first-order valence-electron chi connectivity index (χ1n) is 11.4. The van der Waals surface area contributed by atoms with E-state index < -0.39 is 47.4 Å². The second-order valence-corrected chi connectivity index (χ2v) is 9.56. The second-order valence-electron chi connectivity index (χ2n) is 8.58. The predicted octanol–water partition coefficient (Wildman–Crippen LogP) is 2.39. The summed E-state index contributed by atoms with van der Waals surface area (Å²) >= 11 is 1.33. The Kier molecular flexibility index (Phi) is 9.02. The van der Waals surface area contributed by atoms with Crippen LogP contribution in [-0.2, 0) is 32.1 Å². The highest BCUT2D eigenvalue weighted by molar-refractivity contribution is 7.09. The van der Waals surface area contributed by atoms with E-state index >= 15 is 0 Å². The minimum Gasteiger partial charge on any atom is -0.344 e. The molecule has 3 rings (SSSR count). The molecule has 0 bridgehead atoms. The van der Waals surface area contributed by atoms with Gasteiger partial charge in [-0.15, -0.1) is 11.3 Å². The fourth-order valence-electron chi connectivity index (χ4n) is 3.80. The van der Waals surface area contributed by atoms with E-state index in [0.29, 0.717) is 5.01 Å². The molecule has 11 heteroatoms. The minimum absolute atomic E-state index is 0.0432. The lowest BCUT2D eigenvalue weighted by Crippen LogP contribution is -2.54. The average Bonchev–Trinajstić information content (AvgIpc) is 3.35. The fourth-order valence-corrected chi connectivity index (χ4v) is 4.35. The van der Waals surface area contributed by atoms with Crippen LogP contribution in [0.4, 0.5) is 8.78 Å². The van der Waals surface area contributed by atoms with E-state index in [1.54, 1.807) is 41.9 Å². The van der Waals surface area contributed by atoms with Crippen molar-refractivity contribution in [2.45, 2.75) is 63.6 Å². The molecule has 1 fully saturated rings. The molecular weight excluding hydrogens is 478 g/mol. The number of amides is 3. The van der Waals surface area contributed by atoms with Crippen LogP contribution in [0, 0.1) is 5.92 Å². The molecule has 35 heavy (non-hydrogen) atoms. The number of nitrogens with zero attached hydrogens (tertiary/aromatic N) is 1. The summed E-state index contributed by atoms with van der Waals surface area (Å²) < 4.78 is 26.7. The molecule has 1 aromatic carbocycles. The topological polar surface area (TPSA) is 117 Å². The van der Waals surface area contributed by atoms with Gasteiger partial charge < -0.3 is 16.0 Å². The number of alkyl halides is 2. The van der Waals surface area contributed by atoms with Gasteiger partial charge in [0.15, 0.2) is 0 Å². The molecule has 2 aromatic rings. The first-order valence-corrected chi connectivity index (χ1v) is 12.3. The smallest absolute Gasteiger partial charge is 0.289 e. The Morgan fingerprint density at radius 1 is 1.11 bits per heavy atom. The summed E-state index contributed by atoms with van der Waals surface area (Å²) in [4.78, 5) is 54.7. The van der Waals surface area contributed by atoms with Crippen LogP contribution in [0.25, 0.3) is 0 Å². The molecule has 1 aromatic heterocycles. The molecular formula is C24H28F2N4O4S. The normalized spacial score (nSPS) is 17.1. The van der Waals surface area contributed by atoms with Crippen LogP contribution in [0.2, 0.25) is 0 Å². The number of rotatable bonds is 10. The van der Waals surface area contributed by atoms with Gasteiger partial charge in [-0.2, -0.15) is 0 Å². The number of ketones is 1. The maximum absolute atomic E-state index is 13.4. The Labute approximate surface area is 205 Å². The lowest BCUT2D eigenvalue weighted by atomic mass is 9.86. The van der Waals surface area contributed by atoms with Crippen LogP contribution in [0.1, 0.15) is 43.2 Å². The van der Waals surface area contributed by atoms with Gasteiger partial charge in [0, 0.05) is 36.8 Å². The van der Waals surface area contributed by atoms with Gasteiger partial charge in [0.05, 0.1) is 6.54 Å². The summed E-state index contributed by atoms with van der Waals surface area (Å²) in [7, 11) is 0. The molecule has 0 aliphatic heterocycles. The summed E-state index contributed by atoms with van der Waals surface area (Å²) in [6.07, 6.45) is 1.02. The van der Waals surface area contributed by atoms with Gasteiger partial charge in [0.2, 0.25) is 23.5 Å². The Bertz CT molecular complexity index is 1020. The molecule has 1 heterocycles. The third-order valence-electron chi connectivity index (χ3n) is 5.86. The largest absolute Gasteiger partial charge is 0.344 e. The van der Waals surface area contributed by atoms with E-state index in [9.17, 15) is 28.0 Å². The molecule has 1 aliphatic carbocycles. The summed E-state index contributed by atoms with van der Waals surface area (Å²) in [5.41, 5.74) is 0.735. The van der Waals surface area contributed by atoms with Crippen LogP contribution in [0.5, 0.6) is 0 Å². The maximum atomic E-state index is 13.4. The SMILES string of the molecule is C[C@H](NC(=O)C1CCC(F)(F)CC1)C(=O)N[C@H](Cc1ccccc1)C(=O)C(=O)NCc1nccs1. The van der Waals surface area contributed by atoms with Crippen molar-refractivity contribution in [3.8, 4) is 0 Å². The Morgan fingerprint density at radius 2 is 1.80 bits per heavy atom. The van der Waals surface area contributed by atoms with Crippen LogP contribution in [-0.4, -0.2) is 46.5 Å². The third kappa shape index (κ3) is 7.91. The van der Waals surface area contributed by atoms with Gasteiger partial charge >= 0.3 is 0 Å². The van der Waals surface area contributed by atoms with Crippen molar-refractivity contribution in [3.63, 3.8) is 0 Å². The van der Waals surface area contributed by atoms with Gasteiger partial charge in [-0.25, -0.2) is 13.8 Å². The predicted molar refractivity (Wildman–Crippen MR) is 126 cm³/mol. The van der Waals surface area contributed by atoms with Gasteiger partial charge in [-0.05, 0) is 25.3 Å². The molecule has 0 saturated heterocycles. The third-order valence-corrected chi connectivity index (χ3v) is 6.64. The minimum atomic E-state index is -2.76. The van der Waals surface area contributed by atoms with Crippen LogP contribution >= 0.6 is 11.3 Å². The molecule has 0 unspecified atom stereocenters. The summed E-state index contributed by atoms with van der Waals surface area (Å²) in [5.74, 6) is -6.17. The van der Waals surface area contributed by atoms with Crippen molar-refractivity contribution in [2.24, 2.45) is 5.92 Å². The zero-order valence-corrected chi connectivity index (χ0v) is 20.1. The quantitative estimate of drug-likeness (QED) is 0.428. The number of hydrogen-bond donors (Lipinski definition) is 3. The molecule has 0 spiro atoms. The number of hydrogen-bond acceptors (Lipinski definition) is 6. The van der Waals surface area contributed by atoms with Crippen molar-refractivity contribution in [3.05, 3.63) is 52.5 Å². The van der Waals surface area contributed by atoms with Gasteiger partial charge in [-0.1, -0.05) is 30.3 Å². The standard InChI is InChI=1S/C24H28F2N4O4S/c1-15(29-22(33)17-7-9-24(25,26)10-8-17)21(32)30-18(13-16-5-3-2-4-6-16)20(31)23(34)28-14-19-27-11-12-35-19/h2-6,11-12,15,17-18H,7-10,13-14H2,1H3,(H,28,34)(H,29,33)(H,30,32)/t15-,18+/m0/s1. The number of Topliss-reactive ketones (excluding diaryl/α,β-unsaturated/α-hetero) is 1. The Balaban J connectivity index is 1.61. The lowest BCUT2D eigenvalue weighted by molar-refractivity contribution is -0.140. The maximum Gasteiger partial charge on any atom is 0.289 e. The molecule has 188 valence electrons. The molecule has 8 nitrogen and oxygen atoms in total. The zero-order chi connectivity index (χ0) is 25.4. The fraction of sp³-hybridized carbons (Fsp3) is 0.458. The van der Waals surface area contributed by atoms with Crippen molar-refractivity contribution in [1.82, 2.24) is 20.9 Å². The van der Waals surface area contributed by atoms with Gasteiger partial charge in [0.1, 0.15) is 17.1 Å². The number of carbonyl (C=O) groups excluding carboxylic acids is 4. The van der Waals surface area contributed by atoms with Crippen molar-refractivity contribution < 1.29 is 28.0 Å². The number of benzene rings is 1. The molecule has 2 atom stereocenters. The zero-order valence-electron chi connectivity index (χ0n) is 19.3. The molecule has 1 saturated carbocycles. The van der Waals surface area contributed by atoms with Crippen molar-refractivity contribution >= 4 is 34.8 Å². The highest BCUT2D eigenvalue weighted by Crippen LogP contribution is 2.36. The number of aromatic nitrogens is 1. The number of halogens is 2. The molecule has 0 radical (unpaired) electrons. The van der Waals surface area contributed by atoms with Crippen molar-refractivity contribution in [1.29, 1.82) is 0 Å². The van der Waals surface area contributed by atoms with E-state index in [0.717, 1.165) is 5.56 Å². The van der Waals surface area contributed by atoms with E-state index in [-0.39, 0.29) is 38.6 Å². The number of nitrogens with one attached hydrogen (secondary N) is 3. The summed E-state index contributed by atoms with van der Waals surface area (Å²) in [6.45, 7) is 1.53. The summed E-state index contributed by atoms with van der Waals surface area (Å²) in [6, 6.07) is 6.71. The average molecular weight is 507 g/mol. The summed E-state index contributed by atoms with van der Waals surface area (Å²) in [5, 5.41) is 10.00. The van der Waals surface area contributed by atoms with E-state index in [4.69, 9.17) is 0 Å². The molecule has 1 aliphatic rings. The highest BCUT2D eigenvalue weighted by Gasteiger charge is 2.38. The van der Waals surface area contributed by atoms with Crippen LogP contribution < -0.4 is 16.0 Å². The van der Waals surface area contributed by atoms with Crippen molar-refractivity contribution in [2.75, 3.05) is 0 Å². The molecule has 3 N–H and O–H groups in total. The highest BCUT2D eigenvalue weighted by atomic mass is 32.1.